The maximum Gasteiger partial charge on any atom is 0.338 e. The SMILES string of the molecule is COCC(C)(COC)CN(CF)CCCN(C)CC[C@@]1(OC(=O)CF)CCc2cc(F)ccc2[C@@H]1C(C)C. The van der Waals surface area contributed by atoms with Crippen LogP contribution in [0.3, 0.4) is 0 Å². The zero-order valence-electron chi connectivity index (χ0n) is 24.0. The second-order valence-electron chi connectivity index (χ2n) is 11.5. The van der Waals surface area contributed by atoms with Gasteiger partial charge < -0.3 is 19.1 Å². The third-order valence-electron chi connectivity index (χ3n) is 7.61. The van der Waals surface area contributed by atoms with Gasteiger partial charge in [-0.1, -0.05) is 26.8 Å². The first-order chi connectivity index (χ1) is 18.0. The molecular formula is C29H47F3N2O4. The van der Waals surface area contributed by atoms with Crippen molar-refractivity contribution in [3.63, 3.8) is 0 Å². The predicted molar refractivity (Wildman–Crippen MR) is 143 cm³/mol. The van der Waals surface area contributed by atoms with E-state index in [4.69, 9.17) is 14.2 Å². The van der Waals surface area contributed by atoms with Crippen molar-refractivity contribution in [1.82, 2.24) is 9.80 Å². The lowest BCUT2D eigenvalue weighted by Gasteiger charge is -2.47. The topological polar surface area (TPSA) is 51.2 Å². The van der Waals surface area contributed by atoms with Crippen molar-refractivity contribution in [2.45, 2.75) is 58.0 Å². The Balaban J connectivity index is 2.06. The van der Waals surface area contributed by atoms with Crippen molar-refractivity contribution in [1.29, 1.82) is 0 Å². The highest BCUT2D eigenvalue weighted by Gasteiger charge is 2.47. The highest BCUT2D eigenvalue weighted by atomic mass is 19.1. The van der Waals surface area contributed by atoms with Crippen LogP contribution >= 0.6 is 0 Å². The number of ether oxygens (including phenoxy) is 3. The Morgan fingerprint density at radius 1 is 1.16 bits per heavy atom. The molecule has 0 aliphatic heterocycles. The molecule has 1 aliphatic rings. The number of hydrogen-bond donors (Lipinski definition) is 0. The van der Waals surface area contributed by atoms with Crippen LogP contribution in [-0.4, -0.2) is 95.5 Å². The summed E-state index contributed by atoms with van der Waals surface area (Å²) in [7, 11) is 5.25. The third-order valence-corrected chi connectivity index (χ3v) is 7.61. The summed E-state index contributed by atoms with van der Waals surface area (Å²) in [6.45, 7) is 7.81. The van der Waals surface area contributed by atoms with E-state index in [2.05, 4.69) is 18.7 Å². The van der Waals surface area contributed by atoms with Crippen molar-refractivity contribution in [3.05, 3.63) is 35.1 Å². The summed E-state index contributed by atoms with van der Waals surface area (Å²) in [5.41, 5.74) is 0.712. The molecule has 1 aliphatic carbocycles. The fourth-order valence-corrected chi connectivity index (χ4v) is 6.15. The molecule has 0 fully saturated rings. The first-order valence-corrected chi connectivity index (χ1v) is 13.5. The van der Waals surface area contributed by atoms with Crippen molar-refractivity contribution >= 4 is 5.97 Å². The minimum atomic E-state index is -1.18. The summed E-state index contributed by atoms with van der Waals surface area (Å²) in [4.78, 5) is 16.1. The molecule has 218 valence electrons. The van der Waals surface area contributed by atoms with Crippen LogP contribution < -0.4 is 0 Å². The molecule has 0 amide bonds. The Morgan fingerprint density at radius 3 is 2.42 bits per heavy atom. The number of methoxy groups -OCH3 is 2. The van der Waals surface area contributed by atoms with Gasteiger partial charge in [-0.3, -0.25) is 4.90 Å². The first kappa shape index (κ1) is 32.5. The van der Waals surface area contributed by atoms with Crippen molar-refractivity contribution in [2.75, 3.05) is 74.1 Å². The van der Waals surface area contributed by atoms with Gasteiger partial charge in [0.1, 0.15) is 18.2 Å². The predicted octanol–water partition coefficient (Wildman–Crippen LogP) is 5.00. The van der Waals surface area contributed by atoms with Crippen molar-refractivity contribution in [3.8, 4) is 0 Å². The molecule has 0 spiro atoms. The summed E-state index contributed by atoms with van der Waals surface area (Å²) in [5.74, 6) is -1.22. The van der Waals surface area contributed by atoms with Gasteiger partial charge in [-0.15, -0.1) is 0 Å². The van der Waals surface area contributed by atoms with E-state index in [1.54, 1.807) is 31.3 Å². The zero-order chi connectivity index (χ0) is 28.3. The van der Waals surface area contributed by atoms with E-state index in [1.165, 1.54) is 6.07 Å². The van der Waals surface area contributed by atoms with Crippen LogP contribution in [0.15, 0.2) is 18.2 Å². The largest absolute Gasteiger partial charge is 0.456 e. The normalized spacial score (nSPS) is 19.8. The molecule has 38 heavy (non-hydrogen) atoms. The summed E-state index contributed by atoms with van der Waals surface area (Å²) < 4.78 is 57.5. The molecule has 0 aromatic heterocycles. The maximum absolute atomic E-state index is 13.9. The molecule has 6 nitrogen and oxygen atoms in total. The number of rotatable bonds is 17. The lowest BCUT2D eigenvalue weighted by Crippen LogP contribution is -2.49. The average molecular weight is 545 g/mol. The van der Waals surface area contributed by atoms with E-state index >= 15 is 0 Å². The lowest BCUT2D eigenvalue weighted by molar-refractivity contribution is -0.168. The van der Waals surface area contributed by atoms with Gasteiger partial charge in [0.25, 0.3) is 0 Å². The van der Waals surface area contributed by atoms with Gasteiger partial charge >= 0.3 is 5.97 Å². The number of nitrogens with zero attached hydrogens (tertiary/aromatic N) is 2. The van der Waals surface area contributed by atoms with Gasteiger partial charge in [0.15, 0.2) is 6.67 Å². The number of alkyl halides is 2. The Kier molecular flexibility index (Phi) is 13.0. The standard InChI is InChI=1S/C29H47F3N2O4/c1-22(2)27-25-9-8-24(32)16-23(25)10-11-29(27,38-26(35)17-30)12-15-33(4)13-7-14-34(21-31)18-28(3,19-36-5)20-37-6/h8-9,16,22,27H,7,10-15,17-21H2,1-6H3/t27-,29-/m0/s1. The van der Waals surface area contributed by atoms with Crippen LogP contribution in [0.1, 0.15) is 57.1 Å². The minimum absolute atomic E-state index is 0.101. The number of esters is 1. The quantitative estimate of drug-likeness (QED) is 0.203. The number of fused-ring (bicyclic) bond motifs is 1. The summed E-state index contributed by atoms with van der Waals surface area (Å²) in [5, 5.41) is 0. The maximum atomic E-state index is 13.9. The Labute approximate surface area is 226 Å². The molecule has 0 saturated carbocycles. The summed E-state index contributed by atoms with van der Waals surface area (Å²) >= 11 is 0. The minimum Gasteiger partial charge on any atom is -0.456 e. The molecule has 9 heteroatoms. The number of carbonyl (C=O) groups is 1. The molecule has 1 aromatic rings. The molecule has 1 aromatic carbocycles. The lowest BCUT2D eigenvalue weighted by atomic mass is 9.65. The molecule has 0 N–H and O–H groups in total. The Hall–Kier alpha value is -1.68. The van der Waals surface area contributed by atoms with Crippen LogP contribution in [0.25, 0.3) is 0 Å². The van der Waals surface area contributed by atoms with Gasteiger partial charge in [0, 0.05) is 51.6 Å². The van der Waals surface area contributed by atoms with Crippen LogP contribution in [0.4, 0.5) is 13.2 Å². The number of benzene rings is 1. The molecule has 2 atom stereocenters. The van der Waals surface area contributed by atoms with Crippen LogP contribution in [0.5, 0.6) is 0 Å². The second kappa shape index (κ2) is 15.2. The van der Waals surface area contributed by atoms with Gasteiger partial charge in [0.05, 0.1) is 13.2 Å². The fraction of sp³-hybridized carbons (Fsp3) is 0.759. The van der Waals surface area contributed by atoms with Gasteiger partial charge in [0.2, 0.25) is 0 Å². The summed E-state index contributed by atoms with van der Waals surface area (Å²) in [6.07, 6.45) is 2.36. The smallest absolute Gasteiger partial charge is 0.338 e. The van der Waals surface area contributed by atoms with E-state index in [0.717, 1.165) is 24.1 Å². The van der Waals surface area contributed by atoms with E-state index in [-0.39, 0.29) is 23.1 Å². The molecule has 0 radical (unpaired) electrons. The highest BCUT2D eigenvalue weighted by Crippen LogP contribution is 2.48. The molecule has 0 heterocycles. The van der Waals surface area contributed by atoms with E-state index in [0.29, 0.717) is 52.1 Å². The summed E-state index contributed by atoms with van der Waals surface area (Å²) in [6, 6.07) is 4.77. The van der Waals surface area contributed by atoms with Crippen LogP contribution in [-0.2, 0) is 25.4 Å². The first-order valence-electron chi connectivity index (χ1n) is 13.5. The van der Waals surface area contributed by atoms with Crippen LogP contribution in [0.2, 0.25) is 0 Å². The average Bonchev–Trinajstić information content (AvgIpc) is 2.86. The van der Waals surface area contributed by atoms with Crippen LogP contribution in [0, 0.1) is 17.2 Å². The number of carbonyl (C=O) groups excluding carboxylic acids is 1. The van der Waals surface area contributed by atoms with E-state index in [1.807, 2.05) is 14.0 Å². The van der Waals surface area contributed by atoms with Gasteiger partial charge in [-0.25, -0.2) is 18.0 Å². The van der Waals surface area contributed by atoms with Gasteiger partial charge in [-0.05, 0) is 62.0 Å². The highest BCUT2D eigenvalue weighted by molar-refractivity contribution is 5.71. The number of aryl methyl sites for hydroxylation is 1. The molecular weight excluding hydrogens is 497 g/mol. The molecule has 0 unspecified atom stereocenters. The number of halogens is 3. The molecule has 0 saturated heterocycles. The second-order valence-corrected chi connectivity index (χ2v) is 11.5. The molecule has 0 bridgehead atoms. The number of hydrogen-bond acceptors (Lipinski definition) is 6. The van der Waals surface area contributed by atoms with E-state index in [9.17, 15) is 18.0 Å². The zero-order valence-corrected chi connectivity index (χ0v) is 24.0. The van der Waals surface area contributed by atoms with Crippen molar-refractivity contribution in [2.24, 2.45) is 11.3 Å². The Bertz CT molecular complexity index is 866. The Morgan fingerprint density at radius 2 is 1.84 bits per heavy atom. The van der Waals surface area contributed by atoms with Gasteiger partial charge in [-0.2, -0.15) is 0 Å². The van der Waals surface area contributed by atoms with Crippen molar-refractivity contribution < 1.29 is 32.2 Å². The fourth-order valence-electron chi connectivity index (χ4n) is 6.15. The third kappa shape index (κ3) is 8.93. The van der Waals surface area contributed by atoms with E-state index < -0.39 is 25.0 Å². The molecule has 2 rings (SSSR count). The monoisotopic (exact) mass is 544 g/mol.